The van der Waals surface area contributed by atoms with E-state index < -0.39 is 0 Å². The summed E-state index contributed by atoms with van der Waals surface area (Å²) in [6.45, 7) is 0. The molecule has 0 N–H and O–H groups in total. The molecule has 0 atom stereocenters. The van der Waals surface area contributed by atoms with Crippen molar-refractivity contribution in [3.05, 3.63) is 36.9 Å². The molecular formula is C9H9BN6. The molecule has 16 heavy (non-hydrogen) atoms. The number of nitriles is 1. The van der Waals surface area contributed by atoms with Crippen LogP contribution in [-0.4, -0.2) is 32.7 Å². The Morgan fingerprint density at radius 1 is 1.25 bits per heavy atom. The summed E-state index contributed by atoms with van der Waals surface area (Å²) in [4.78, 5) is 4.25. The van der Waals surface area contributed by atoms with Crippen LogP contribution in [0.4, 0.5) is 0 Å². The van der Waals surface area contributed by atoms with E-state index in [0.717, 1.165) is 0 Å². The molecule has 0 unspecified atom stereocenters. The molecule has 2 rings (SSSR count). The fourth-order valence-corrected chi connectivity index (χ4v) is 1.28. The molecule has 0 aliphatic heterocycles. The minimum absolute atomic E-state index is 0.277. The van der Waals surface area contributed by atoms with Crippen LogP contribution in [0.15, 0.2) is 41.8 Å². The van der Waals surface area contributed by atoms with Gasteiger partial charge in [-0.1, -0.05) is 0 Å². The van der Waals surface area contributed by atoms with Crippen molar-refractivity contribution in [3.63, 3.8) is 0 Å². The minimum atomic E-state index is -0.363. The molecule has 0 aromatic carbocycles. The van der Waals surface area contributed by atoms with Crippen LogP contribution >= 0.6 is 0 Å². The lowest BCUT2D eigenvalue weighted by Gasteiger charge is -2.07. The van der Waals surface area contributed by atoms with Crippen LogP contribution in [0, 0.1) is 11.3 Å². The van der Waals surface area contributed by atoms with Crippen LogP contribution in [0.1, 0.15) is 6.42 Å². The topological polar surface area (TPSA) is 71.8 Å². The van der Waals surface area contributed by atoms with E-state index >= 15 is 0 Å². The first-order valence-corrected chi connectivity index (χ1v) is 4.78. The molecule has 0 spiro atoms. The minimum Gasteiger partial charge on any atom is -0.301 e. The summed E-state index contributed by atoms with van der Waals surface area (Å²) < 4.78 is 3.34. The Morgan fingerprint density at radius 3 is 2.31 bits per heavy atom. The van der Waals surface area contributed by atoms with Gasteiger partial charge in [0.2, 0.25) is 0 Å². The lowest BCUT2D eigenvalue weighted by atomic mass is 9.97. The Balaban J connectivity index is 2.25. The van der Waals surface area contributed by atoms with Gasteiger partial charge < -0.3 is 4.90 Å². The maximum Gasteiger partial charge on any atom is 0.565 e. The number of aromatic nitrogens is 4. The summed E-state index contributed by atoms with van der Waals surface area (Å²) >= 11 is 0. The Labute approximate surface area is 93.0 Å². The van der Waals surface area contributed by atoms with E-state index in [4.69, 9.17) is 5.26 Å². The Bertz CT molecular complexity index is 446. The molecule has 6 nitrogen and oxygen atoms in total. The molecule has 0 radical (unpaired) electrons. The number of rotatable bonds is 4. The van der Waals surface area contributed by atoms with Gasteiger partial charge in [-0.3, -0.25) is 9.19 Å². The van der Waals surface area contributed by atoms with Gasteiger partial charge in [0.15, 0.2) is 0 Å². The zero-order valence-electron chi connectivity index (χ0n) is 8.51. The van der Waals surface area contributed by atoms with Gasteiger partial charge >= 0.3 is 7.12 Å². The molecule has 2 aromatic rings. The fourth-order valence-electron chi connectivity index (χ4n) is 1.28. The van der Waals surface area contributed by atoms with Gasteiger partial charge in [0, 0.05) is 31.0 Å². The molecule has 0 aliphatic rings. The Kier molecular flexibility index (Phi) is 3.14. The van der Waals surface area contributed by atoms with Gasteiger partial charge in [0.1, 0.15) is 0 Å². The number of hydrogen-bond donors (Lipinski definition) is 0. The number of hydrogen-bond acceptors (Lipinski definition) is 4. The van der Waals surface area contributed by atoms with E-state index in [1.165, 1.54) is 0 Å². The van der Waals surface area contributed by atoms with Crippen molar-refractivity contribution in [2.24, 2.45) is 4.90 Å². The highest BCUT2D eigenvalue weighted by atomic mass is 15.4. The third-order valence-electron chi connectivity index (χ3n) is 1.94. The largest absolute Gasteiger partial charge is 0.565 e. The summed E-state index contributed by atoms with van der Waals surface area (Å²) in [7, 11) is -0.363. The van der Waals surface area contributed by atoms with Gasteiger partial charge in [-0.05, 0) is 12.1 Å². The van der Waals surface area contributed by atoms with Crippen LogP contribution < -0.4 is 0 Å². The highest BCUT2D eigenvalue weighted by molar-refractivity contribution is 6.53. The molecule has 0 fully saturated rings. The molecular weight excluding hydrogens is 203 g/mol. The molecule has 2 heterocycles. The van der Waals surface area contributed by atoms with Crippen molar-refractivity contribution in [1.82, 2.24) is 19.4 Å². The zero-order valence-corrected chi connectivity index (χ0v) is 8.51. The maximum absolute atomic E-state index is 8.45. The number of nitrogens with zero attached hydrogens (tertiary/aromatic N) is 6. The van der Waals surface area contributed by atoms with Crippen molar-refractivity contribution >= 4 is 13.3 Å². The second-order valence-electron chi connectivity index (χ2n) is 3.01. The standard InChI is InChI=1S/C9H9BN6/c11-4-1-5-12-10(15-8-2-6-13-15)16-9-3-7-14-16/h2-3,5-9H,1H2. The second-order valence-corrected chi connectivity index (χ2v) is 3.01. The van der Waals surface area contributed by atoms with Crippen LogP contribution in [-0.2, 0) is 0 Å². The Hall–Kier alpha value is -2.36. The first-order chi connectivity index (χ1) is 7.92. The zero-order chi connectivity index (χ0) is 11.2. The highest BCUT2D eigenvalue weighted by Gasteiger charge is 2.20. The second kappa shape index (κ2) is 4.93. The summed E-state index contributed by atoms with van der Waals surface area (Å²) in [6, 6.07) is 5.64. The normalized spacial score (nSPS) is 10.4. The SMILES string of the molecule is N#CCC=NB(n1cccn1)n1cccn1. The van der Waals surface area contributed by atoms with Gasteiger partial charge in [0.25, 0.3) is 0 Å². The first-order valence-electron chi connectivity index (χ1n) is 4.78. The van der Waals surface area contributed by atoms with E-state index in [-0.39, 0.29) is 13.5 Å². The average molecular weight is 212 g/mol. The molecule has 0 saturated heterocycles. The fraction of sp³-hybridized carbons (Fsp3) is 0.111. The summed E-state index contributed by atoms with van der Waals surface area (Å²) in [5.41, 5.74) is 0. The van der Waals surface area contributed by atoms with Gasteiger partial charge in [0.05, 0.1) is 12.5 Å². The van der Waals surface area contributed by atoms with Crippen LogP contribution in [0.3, 0.4) is 0 Å². The van der Waals surface area contributed by atoms with E-state index in [9.17, 15) is 0 Å². The summed E-state index contributed by atoms with van der Waals surface area (Å²) in [5, 5.41) is 16.7. The lowest BCUT2D eigenvalue weighted by molar-refractivity contribution is 0.847. The monoisotopic (exact) mass is 212 g/mol. The summed E-state index contributed by atoms with van der Waals surface area (Å²) in [6.07, 6.45) is 8.80. The van der Waals surface area contributed by atoms with E-state index in [1.807, 2.05) is 18.2 Å². The van der Waals surface area contributed by atoms with Crippen molar-refractivity contribution in [2.45, 2.75) is 6.42 Å². The Morgan fingerprint density at radius 2 is 1.88 bits per heavy atom. The van der Waals surface area contributed by atoms with Crippen molar-refractivity contribution in [2.75, 3.05) is 0 Å². The average Bonchev–Trinajstić information content (AvgIpc) is 2.97. The molecule has 0 saturated carbocycles. The van der Waals surface area contributed by atoms with E-state index in [1.54, 1.807) is 40.2 Å². The first kappa shape index (κ1) is 10.2. The van der Waals surface area contributed by atoms with Crippen molar-refractivity contribution in [3.8, 4) is 6.07 Å². The molecule has 7 heteroatoms. The van der Waals surface area contributed by atoms with Crippen LogP contribution in [0.25, 0.3) is 0 Å². The van der Waals surface area contributed by atoms with Crippen molar-refractivity contribution < 1.29 is 0 Å². The highest BCUT2D eigenvalue weighted by Crippen LogP contribution is 1.95. The maximum atomic E-state index is 8.45. The van der Waals surface area contributed by atoms with Crippen molar-refractivity contribution in [1.29, 1.82) is 5.26 Å². The van der Waals surface area contributed by atoms with E-state index in [2.05, 4.69) is 15.1 Å². The summed E-state index contributed by atoms with van der Waals surface area (Å²) in [5.74, 6) is 0. The lowest BCUT2D eigenvalue weighted by Crippen LogP contribution is -2.33. The van der Waals surface area contributed by atoms with Gasteiger partial charge in [-0.15, -0.1) is 0 Å². The predicted octanol–water partition coefficient (Wildman–Crippen LogP) is 0.445. The third-order valence-corrected chi connectivity index (χ3v) is 1.94. The molecule has 0 bridgehead atoms. The third kappa shape index (κ3) is 2.17. The predicted molar refractivity (Wildman–Crippen MR) is 59.7 cm³/mol. The molecule has 2 aromatic heterocycles. The van der Waals surface area contributed by atoms with E-state index in [0.29, 0.717) is 0 Å². The quantitative estimate of drug-likeness (QED) is 0.545. The molecule has 0 aliphatic carbocycles. The van der Waals surface area contributed by atoms with Crippen LogP contribution in [0.2, 0.25) is 0 Å². The smallest absolute Gasteiger partial charge is 0.301 e. The van der Waals surface area contributed by atoms with Gasteiger partial charge in [-0.2, -0.15) is 15.5 Å². The van der Waals surface area contributed by atoms with Crippen LogP contribution in [0.5, 0.6) is 0 Å². The van der Waals surface area contributed by atoms with Gasteiger partial charge in [-0.25, -0.2) is 0 Å². The molecule has 0 amide bonds. The molecule has 78 valence electrons.